The van der Waals surface area contributed by atoms with E-state index in [0.717, 1.165) is 11.3 Å². The fourth-order valence-electron chi connectivity index (χ4n) is 3.21. The Kier molecular flexibility index (Phi) is 5.13. The average molecular weight is 352 g/mol. The van der Waals surface area contributed by atoms with Crippen LogP contribution in [0.1, 0.15) is 69.3 Å². The van der Waals surface area contributed by atoms with Crippen LogP contribution in [0.2, 0.25) is 0 Å². The van der Waals surface area contributed by atoms with Crippen molar-refractivity contribution in [3.63, 3.8) is 0 Å². The standard InChI is InChI=1S/C18H26BrNO/c1-5-7-12(8-6-2)16(19)13-9-10-15-14(11-13)18(3,4)17(21)20-15/h9-12,16H,5-8H2,1-4H3,(H,20,21). The number of alkyl halides is 1. The molecule has 0 radical (unpaired) electrons. The predicted octanol–water partition coefficient (Wildman–Crippen LogP) is 5.57. The zero-order valence-corrected chi connectivity index (χ0v) is 15.1. The van der Waals surface area contributed by atoms with Crippen LogP contribution in [0.4, 0.5) is 5.69 Å². The number of nitrogens with one attached hydrogen (secondary N) is 1. The molecule has 3 heteroatoms. The lowest BCUT2D eigenvalue weighted by Gasteiger charge is -2.24. The topological polar surface area (TPSA) is 29.1 Å². The van der Waals surface area contributed by atoms with Gasteiger partial charge < -0.3 is 5.32 Å². The van der Waals surface area contributed by atoms with Crippen LogP contribution in [0.3, 0.4) is 0 Å². The first-order valence-electron chi connectivity index (χ1n) is 8.01. The van der Waals surface area contributed by atoms with Gasteiger partial charge in [0.05, 0.1) is 5.41 Å². The third-order valence-electron chi connectivity index (χ3n) is 4.58. The van der Waals surface area contributed by atoms with E-state index < -0.39 is 5.41 Å². The van der Waals surface area contributed by atoms with E-state index in [1.54, 1.807) is 0 Å². The minimum absolute atomic E-state index is 0.0967. The molecule has 0 spiro atoms. The molecule has 0 aromatic heterocycles. The third-order valence-corrected chi connectivity index (χ3v) is 5.86. The van der Waals surface area contributed by atoms with Gasteiger partial charge in [-0.15, -0.1) is 0 Å². The second-order valence-electron chi connectivity index (χ2n) is 6.62. The van der Waals surface area contributed by atoms with Gasteiger partial charge in [0.15, 0.2) is 0 Å². The van der Waals surface area contributed by atoms with Crippen molar-refractivity contribution in [3.8, 4) is 0 Å². The summed E-state index contributed by atoms with van der Waals surface area (Å²) in [7, 11) is 0. The minimum Gasteiger partial charge on any atom is -0.325 e. The Morgan fingerprint density at radius 2 is 1.81 bits per heavy atom. The summed E-state index contributed by atoms with van der Waals surface area (Å²) in [5.74, 6) is 0.755. The lowest BCUT2D eigenvalue weighted by Crippen LogP contribution is -2.27. The molecular weight excluding hydrogens is 326 g/mol. The maximum atomic E-state index is 12.0. The molecule has 1 aliphatic heterocycles. The maximum Gasteiger partial charge on any atom is 0.234 e. The highest BCUT2D eigenvalue weighted by molar-refractivity contribution is 9.09. The molecule has 1 N–H and O–H groups in total. The number of hydrogen-bond donors (Lipinski definition) is 1. The molecule has 1 amide bonds. The van der Waals surface area contributed by atoms with Crippen molar-refractivity contribution in [2.75, 3.05) is 5.32 Å². The van der Waals surface area contributed by atoms with Crippen molar-refractivity contribution in [2.24, 2.45) is 5.92 Å². The van der Waals surface area contributed by atoms with Gasteiger partial charge in [-0.3, -0.25) is 4.79 Å². The van der Waals surface area contributed by atoms with E-state index in [1.165, 1.54) is 31.2 Å². The van der Waals surface area contributed by atoms with Crippen molar-refractivity contribution in [1.29, 1.82) is 0 Å². The number of carbonyl (C=O) groups excluding carboxylic acids is 1. The number of amides is 1. The molecule has 1 atom stereocenters. The Balaban J connectivity index is 2.30. The fraction of sp³-hybridized carbons (Fsp3) is 0.611. The van der Waals surface area contributed by atoms with Gasteiger partial charge in [0.2, 0.25) is 5.91 Å². The highest BCUT2D eigenvalue weighted by Crippen LogP contribution is 2.42. The average Bonchev–Trinajstić information content (AvgIpc) is 2.68. The number of carbonyl (C=O) groups is 1. The lowest BCUT2D eigenvalue weighted by atomic mass is 9.83. The monoisotopic (exact) mass is 351 g/mol. The molecule has 2 nitrogen and oxygen atoms in total. The quantitative estimate of drug-likeness (QED) is 0.667. The molecule has 1 heterocycles. The van der Waals surface area contributed by atoms with E-state index in [2.05, 4.69) is 53.3 Å². The third kappa shape index (κ3) is 3.18. The highest BCUT2D eigenvalue weighted by Gasteiger charge is 2.38. The molecule has 116 valence electrons. The van der Waals surface area contributed by atoms with Gasteiger partial charge in [-0.2, -0.15) is 0 Å². The van der Waals surface area contributed by atoms with Gasteiger partial charge in [-0.05, 0) is 49.8 Å². The summed E-state index contributed by atoms with van der Waals surface area (Å²) in [4.78, 5) is 12.4. The molecule has 0 saturated heterocycles. The Hall–Kier alpha value is -0.830. The van der Waals surface area contributed by atoms with Crippen LogP contribution in [0.5, 0.6) is 0 Å². The summed E-state index contributed by atoms with van der Waals surface area (Å²) in [5, 5.41) is 2.98. The number of fused-ring (bicyclic) bond motifs is 1. The zero-order chi connectivity index (χ0) is 15.6. The number of anilines is 1. The highest BCUT2D eigenvalue weighted by atomic mass is 79.9. The Morgan fingerprint density at radius 1 is 1.19 bits per heavy atom. The minimum atomic E-state index is -0.428. The van der Waals surface area contributed by atoms with E-state index in [-0.39, 0.29) is 5.91 Å². The first-order chi connectivity index (χ1) is 9.91. The molecule has 0 saturated carbocycles. The first-order valence-corrected chi connectivity index (χ1v) is 8.93. The van der Waals surface area contributed by atoms with Crippen LogP contribution in [0, 0.1) is 5.92 Å². The maximum absolute atomic E-state index is 12.0. The van der Waals surface area contributed by atoms with Crippen LogP contribution in [-0.4, -0.2) is 5.91 Å². The van der Waals surface area contributed by atoms with E-state index in [9.17, 15) is 4.79 Å². The smallest absolute Gasteiger partial charge is 0.234 e. The van der Waals surface area contributed by atoms with Gasteiger partial charge in [0, 0.05) is 10.5 Å². The summed E-state index contributed by atoms with van der Waals surface area (Å²) in [6.45, 7) is 8.49. The zero-order valence-electron chi connectivity index (χ0n) is 13.5. The van der Waals surface area contributed by atoms with E-state index >= 15 is 0 Å². The summed E-state index contributed by atoms with van der Waals surface area (Å²) in [6.07, 6.45) is 4.90. The van der Waals surface area contributed by atoms with Crippen molar-refractivity contribution >= 4 is 27.5 Å². The first kappa shape index (κ1) is 16.5. The molecule has 1 aliphatic rings. The summed E-state index contributed by atoms with van der Waals surface area (Å²) >= 11 is 3.91. The Labute approximate surface area is 136 Å². The fourth-order valence-corrected chi connectivity index (χ4v) is 4.02. The van der Waals surface area contributed by atoms with E-state index in [0.29, 0.717) is 10.7 Å². The van der Waals surface area contributed by atoms with Gasteiger partial charge in [-0.1, -0.05) is 54.8 Å². The second-order valence-corrected chi connectivity index (χ2v) is 7.61. The Bertz CT molecular complexity index is 518. The van der Waals surface area contributed by atoms with Gasteiger partial charge in [0.25, 0.3) is 0 Å². The van der Waals surface area contributed by atoms with Crippen molar-refractivity contribution in [3.05, 3.63) is 29.3 Å². The second kappa shape index (κ2) is 6.51. The number of halogens is 1. The van der Waals surface area contributed by atoms with E-state index in [1.807, 2.05) is 13.8 Å². The number of rotatable bonds is 6. The SMILES string of the molecule is CCCC(CCC)C(Br)c1ccc2c(c1)C(C)(C)C(=O)N2. The van der Waals surface area contributed by atoms with Crippen LogP contribution < -0.4 is 5.32 Å². The van der Waals surface area contributed by atoms with E-state index in [4.69, 9.17) is 0 Å². The Morgan fingerprint density at radius 3 is 2.38 bits per heavy atom. The van der Waals surface area contributed by atoms with Crippen molar-refractivity contribution < 1.29 is 4.79 Å². The number of benzene rings is 1. The molecule has 1 aromatic rings. The molecule has 1 aromatic carbocycles. The van der Waals surface area contributed by atoms with Crippen molar-refractivity contribution in [2.45, 2.75) is 63.6 Å². The van der Waals surface area contributed by atoms with Gasteiger partial charge >= 0.3 is 0 Å². The van der Waals surface area contributed by atoms with Crippen LogP contribution in [0.15, 0.2) is 18.2 Å². The van der Waals surface area contributed by atoms with Crippen molar-refractivity contribution in [1.82, 2.24) is 0 Å². The summed E-state index contributed by atoms with van der Waals surface area (Å²) in [6, 6.07) is 6.42. The predicted molar refractivity (Wildman–Crippen MR) is 93.1 cm³/mol. The van der Waals surface area contributed by atoms with Crippen LogP contribution in [-0.2, 0) is 10.2 Å². The normalized spacial score (nSPS) is 17.7. The lowest BCUT2D eigenvalue weighted by molar-refractivity contribution is -0.119. The summed E-state index contributed by atoms with van der Waals surface area (Å²) in [5.41, 5.74) is 2.96. The van der Waals surface area contributed by atoms with Crippen LogP contribution in [0.25, 0.3) is 0 Å². The molecule has 1 unspecified atom stereocenters. The summed E-state index contributed by atoms with van der Waals surface area (Å²) < 4.78 is 0. The molecule has 0 bridgehead atoms. The van der Waals surface area contributed by atoms with Gasteiger partial charge in [-0.25, -0.2) is 0 Å². The molecule has 0 aliphatic carbocycles. The molecule has 0 fully saturated rings. The molecular formula is C18H26BrNO. The largest absolute Gasteiger partial charge is 0.325 e. The molecule has 2 rings (SSSR count). The molecule has 21 heavy (non-hydrogen) atoms. The van der Waals surface area contributed by atoms with Crippen LogP contribution >= 0.6 is 15.9 Å². The number of hydrogen-bond acceptors (Lipinski definition) is 1. The van der Waals surface area contributed by atoms with Gasteiger partial charge in [0.1, 0.15) is 0 Å².